The van der Waals surface area contributed by atoms with Gasteiger partial charge in [-0.15, -0.1) is 0 Å². The Bertz CT molecular complexity index is 695. The molecule has 1 atom stereocenters. The van der Waals surface area contributed by atoms with Crippen LogP contribution in [0.4, 0.5) is 0 Å². The van der Waals surface area contributed by atoms with Gasteiger partial charge in [0.1, 0.15) is 0 Å². The van der Waals surface area contributed by atoms with Crippen molar-refractivity contribution in [1.29, 1.82) is 0 Å². The summed E-state index contributed by atoms with van der Waals surface area (Å²) in [6, 6.07) is 3.44. The molecule has 96 valence electrons. The van der Waals surface area contributed by atoms with Crippen LogP contribution in [0, 0.1) is 0 Å². The molecule has 3 rings (SSSR count). The quantitative estimate of drug-likeness (QED) is 0.799. The second-order valence-electron chi connectivity index (χ2n) is 4.57. The molecule has 0 aromatic carbocycles. The van der Waals surface area contributed by atoms with E-state index in [1.807, 2.05) is 0 Å². The lowest BCUT2D eigenvalue weighted by atomic mass is 10.1. The summed E-state index contributed by atoms with van der Waals surface area (Å²) in [5.74, 6) is 0.934. The number of halogens is 1. The van der Waals surface area contributed by atoms with Crippen LogP contribution in [-0.2, 0) is 9.84 Å². The van der Waals surface area contributed by atoms with Crippen LogP contribution < -0.4 is 0 Å². The van der Waals surface area contributed by atoms with Crippen molar-refractivity contribution in [3.8, 4) is 0 Å². The zero-order chi connectivity index (χ0) is 12.8. The zero-order valence-corrected chi connectivity index (χ0v) is 11.2. The molecule has 0 radical (unpaired) electrons. The van der Waals surface area contributed by atoms with Crippen LogP contribution in [-0.4, -0.2) is 34.5 Å². The predicted octanol–water partition coefficient (Wildman–Crippen LogP) is 1.67. The van der Waals surface area contributed by atoms with E-state index in [9.17, 15) is 8.42 Å². The van der Waals surface area contributed by atoms with Crippen LogP contribution in [0.25, 0.3) is 5.65 Å². The largest absolute Gasteiger partial charge is 0.229 e. The Kier molecular flexibility index (Phi) is 2.79. The smallest absolute Gasteiger partial charge is 0.157 e. The molecule has 0 aliphatic carbocycles. The molecular formula is C11H12ClN3O2S. The molecule has 1 unspecified atom stereocenters. The van der Waals surface area contributed by atoms with Gasteiger partial charge in [-0.3, -0.25) is 0 Å². The maximum atomic E-state index is 11.6. The Labute approximate surface area is 110 Å². The number of hydrogen-bond donors (Lipinski definition) is 0. The second kappa shape index (κ2) is 4.20. The maximum Gasteiger partial charge on any atom is 0.157 e. The van der Waals surface area contributed by atoms with E-state index >= 15 is 0 Å². The van der Waals surface area contributed by atoms with Crippen LogP contribution in [0.1, 0.15) is 24.6 Å². The van der Waals surface area contributed by atoms with Crippen LogP contribution in [0.5, 0.6) is 0 Å². The van der Waals surface area contributed by atoms with Crippen LogP contribution in [0.15, 0.2) is 18.3 Å². The summed E-state index contributed by atoms with van der Waals surface area (Å²) in [7, 11) is -2.94. The molecule has 0 saturated carbocycles. The normalized spacial score (nSPS) is 23.3. The summed E-state index contributed by atoms with van der Waals surface area (Å²) >= 11 is 5.88. The molecule has 1 aliphatic heterocycles. The lowest BCUT2D eigenvalue weighted by Crippen LogP contribution is -2.24. The summed E-state index contributed by atoms with van der Waals surface area (Å²) in [5.41, 5.74) is 0.653. The monoisotopic (exact) mass is 285 g/mol. The van der Waals surface area contributed by atoms with Gasteiger partial charge in [-0.1, -0.05) is 11.6 Å². The average Bonchev–Trinajstić information content (AvgIpc) is 2.70. The number of hydrogen-bond acceptors (Lipinski definition) is 4. The number of fused-ring (bicyclic) bond motifs is 1. The van der Waals surface area contributed by atoms with E-state index in [1.165, 1.54) is 0 Å². The Morgan fingerprint density at radius 1 is 1.44 bits per heavy atom. The van der Waals surface area contributed by atoms with Gasteiger partial charge < -0.3 is 0 Å². The molecule has 1 aliphatic rings. The Balaban J connectivity index is 1.99. The van der Waals surface area contributed by atoms with Gasteiger partial charge in [0, 0.05) is 23.2 Å². The predicted molar refractivity (Wildman–Crippen MR) is 68.6 cm³/mol. The summed E-state index contributed by atoms with van der Waals surface area (Å²) < 4.78 is 24.9. The van der Waals surface area contributed by atoms with E-state index in [1.54, 1.807) is 22.8 Å². The topological polar surface area (TPSA) is 64.3 Å². The standard InChI is InChI=1S/C11H12ClN3O2S/c12-9-3-4-15-10(6-9)13-11(14-15)8-2-1-5-18(16,17)7-8/h3-4,6,8H,1-2,5,7H2. The number of pyridine rings is 1. The maximum absolute atomic E-state index is 11.6. The SMILES string of the molecule is O=S1(=O)CCCC(c2nc3cc(Cl)ccn3n2)C1. The van der Waals surface area contributed by atoms with Crippen molar-refractivity contribution in [2.45, 2.75) is 18.8 Å². The second-order valence-corrected chi connectivity index (χ2v) is 7.24. The van der Waals surface area contributed by atoms with E-state index in [0.717, 1.165) is 6.42 Å². The Hall–Kier alpha value is -1.14. The lowest BCUT2D eigenvalue weighted by molar-refractivity contribution is 0.543. The van der Waals surface area contributed by atoms with Gasteiger partial charge in [0.2, 0.25) is 0 Å². The Morgan fingerprint density at radius 3 is 3.06 bits per heavy atom. The molecule has 0 spiro atoms. The molecule has 2 aromatic rings. The van der Waals surface area contributed by atoms with E-state index in [-0.39, 0.29) is 17.4 Å². The van der Waals surface area contributed by atoms with Gasteiger partial charge in [0.05, 0.1) is 11.5 Å². The van der Waals surface area contributed by atoms with Gasteiger partial charge in [-0.05, 0) is 18.9 Å². The highest BCUT2D eigenvalue weighted by Gasteiger charge is 2.28. The van der Waals surface area contributed by atoms with Crippen molar-refractivity contribution >= 4 is 27.1 Å². The average molecular weight is 286 g/mol. The number of sulfone groups is 1. The molecule has 1 fully saturated rings. The third-order valence-electron chi connectivity index (χ3n) is 3.14. The molecular weight excluding hydrogens is 274 g/mol. The van der Waals surface area contributed by atoms with Crippen LogP contribution >= 0.6 is 11.6 Å². The van der Waals surface area contributed by atoms with Gasteiger partial charge in [0.15, 0.2) is 21.3 Å². The minimum absolute atomic E-state index is 0.0950. The molecule has 2 aromatic heterocycles. The van der Waals surface area contributed by atoms with E-state index in [4.69, 9.17) is 11.6 Å². The summed E-state index contributed by atoms with van der Waals surface area (Å²) in [6.45, 7) is 0. The fraction of sp³-hybridized carbons (Fsp3) is 0.455. The lowest BCUT2D eigenvalue weighted by Gasteiger charge is -2.18. The van der Waals surface area contributed by atoms with E-state index < -0.39 is 9.84 Å². The van der Waals surface area contributed by atoms with Crippen molar-refractivity contribution in [3.63, 3.8) is 0 Å². The molecule has 1 saturated heterocycles. The minimum Gasteiger partial charge on any atom is -0.229 e. The molecule has 7 heteroatoms. The molecule has 0 amide bonds. The number of nitrogens with zero attached hydrogens (tertiary/aromatic N) is 3. The molecule has 3 heterocycles. The van der Waals surface area contributed by atoms with Crippen molar-refractivity contribution in [2.24, 2.45) is 0 Å². The highest BCUT2D eigenvalue weighted by atomic mass is 35.5. The van der Waals surface area contributed by atoms with Gasteiger partial charge >= 0.3 is 0 Å². The first-order valence-corrected chi connectivity index (χ1v) is 7.96. The van der Waals surface area contributed by atoms with Crippen LogP contribution in [0.2, 0.25) is 5.02 Å². The number of aromatic nitrogens is 3. The first kappa shape index (κ1) is 11.9. The highest BCUT2D eigenvalue weighted by Crippen LogP contribution is 2.26. The third-order valence-corrected chi connectivity index (χ3v) is 5.20. The van der Waals surface area contributed by atoms with Crippen molar-refractivity contribution in [1.82, 2.24) is 14.6 Å². The minimum atomic E-state index is -2.94. The van der Waals surface area contributed by atoms with E-state index in [0.29, 0.717) is 22.9 Å². The highest BCUT2D eigenvalue weighted by molar-refractivity contribution is 7.91. The molecule has 18 heavy (non-hydrogen) atoms. The first-order valence-electron chi connectivity index (χ1n) is 5.76. The van der Waals surface area contributed by atoms with Gasteiger partial charge in [0.25, 0.3) is 0 Å². The van der Waals surface area contributed by atoms with Crippen LogP contribution in [0.3, 0.4) is 0 Å². The van der Waals surface area contributed by atoms with Crippen molar-refractivity contribution in [3.05, 3.63) is 29.2 Å². The van der Waals surface area contributed by atoms with E-state index in [2.05, 4.69) is 10.1 Å². The van der Waals surface area contributed by atoms with Gasteiger partial charge in [-0.2, -0.15) is 5.10 Å². The Morgan fingerprint density at radius 2 is 2.28 bits per heavy atom. The summed E-state index contributed by atoms with van der Waals surface area (Å²) in [6.07, 6.45) is 3.23. The van der Waals surface area contributed by atoms with Gasteiger partial charge in [-0.25, -0.2) is 17.9 Å². The zero-order valence-electron chi connectivity index (χ0n) is 9.58. The fourth-order valence-electron chi connectivity index (χ4n) is 2.27. The number of rotatable bonds is 1. The van der Waals surface area contributed by atoms with Crippen molar-refractivity contribution < 1.29 is 8.42 Å². The van der Waals surface area contributed by atoms with Crippen molar-refractivity contribution in [2.75, 3.05) is 11.5 Å². The fourth-order valence-corrected chi connectivity index (χ4v) is 4.13. The summed E-state index contributed by atoms with van der Waals surface area (Å²) in [4.78, 5) is 4.37. The molecule has 0 bridgehead atoms. The first-order chi connectivity index (χ1) is 8.53. The molecule has 5 nitrogen and oxygen atoms in total. The third kappa shape index (κ3) is 2.22. The molecule has 0 N–H and O–H groups in total. The summed E-state index contributed by atoms with van der Waals surface area (Å²) in [5, 5.41) is 4.92.